The molecule has 1 spiro atoms. The highest BCUT2D eigenvalue weighted by molar-refractivity contribution is 5.90. The van der Waals surface area contributed by atoms with Gasteiger partial charge in [0.2, 0.25) is 11.8 Å². The molecule has 186 valence electrons. The van der Waals surface area contributed by atoms with Crippen LogP contribution in [0.1, 0.15) is 65.6 Å². The molecule has 6 rings (SSSR count). The van der Waals surface area contributed by atoms with Gasteiger partial charge in [0, 0.05) is 22.7 Å². The molecular weight excluding hydrogens is 465 g/mol. The first-order valence-corrected chi connectivity index (χ1v) is 12.0. The Balaban J connectivity index is 1.73. The van der Waals surface area contributed by atoms with E-state index >= 15 is 0 Å². The standard InChI is InChI=1S/C27H26FN3O5/c1-12(2)20-24-31-21(25(33)34-4)22(36-24)27-16-11-15(28)6-7-18(16)29-26(27)35-19-8-5-14(10-17(19)27)9-13(3)23(32)30-20/h5-8,10-13,20,26,29H,9H2,1-4H3,(H,30,32)/t13?,20-,26+,27-/m0/s1. The number of oxazole rings is 1. The minimum Gasteiger partial charge on any atom is -0.469 e. The summed E-state index contributed by atoms with van der Waals surface area (Å²) < 4.78 is 32.6. The summed E-state index contributed by atoms with van der Waals surface area (Å²) in [6.45, 7) is 5.74. The molecule has 3 aromatic rings. The first-order valence-electron chi connectivity index (χ1n) is 12.0. The van der Waals surface area contributed by atoms with E-state index in [9.17, 15) is 14.0 Å². The summed E-state index contributed by atoms with van der Waals surface area (Å²) in [6.07, 6.45) is -0.221. The molecule has 3 aliphatic heterocycles. The molecule has 4 bridgehead atoms. The van der Waals surface area contributed by atoms with Gasteiger partial charge in [0.25, 0.3) is 0 Å². The number of hydrogen-bond donors (Lipinski definition) is 2. The number of amides is 1. The van der Waals surface area contributed by atoms with Crippen LogP contribution in [0, 0.1) is 17.7 Å². The maximum atomic E-state index is 14.7. The van der Waals surface area contributed by atoms with Crippen LogP contribution >= 0.6 is 0 Å². The number of rotatable bonds is 2. The zero-order valence-corrected chi connectivity index (χ0v) is 20.3. The van der Waals surface area contributed by atoms with Crippen molar-refractivity contribution < 1.29 is 27.9 Å². The fourth-order valence-electron chi connectivity index (χ4n) is 5.60. The number of hydrogen-bond acceptors (Lipinski definition) is 7. The summed E-state index contributed by atoms with van der Waals surface area (Å²) in [5.74, 6) is -0.740. The Labute approximate surface area is 207 Å². The van der Waals surface area contributed by atoms with Crippen molar-refractivity contribution in [3.05, 3.63) is 76.3 Å². The van der Waals surface area contributed by atoms with Crippen LogP contribution in [0.3, 0.4) is 0 Å². The summed E-state index contributed by atoms with van der Waals surface area (Å²) in [5, 5.41) is 6.39. The van der Waals surface area contributed by atoms with E-state index in [4.69, 9.17) is 13.9 Å². The number of ether oxygens (including phenoxy) is 2. The Morgan fingerprint density at radius 1 is 1.19 bits per heavy atom. The Kier molecular flexibility index (Phi) is 4.90. The number of methoxy groups -OCH3 is 1. The second kappa shape index (κ2) is 7.81. The van der Waals surface area contributed by atoms with Gasteiger partial charge in [0.15, 0.2) is 17.7 Å². The predicted molar refractivity (Wildman–Crippen MR) is 127 cm³/mol. The molecule has 0 aliphatic carbocycles. The monoisotopic (exact) mass is 491 g/mol. The van der Waals surface area contributed by atoms with E-state index in [1.165, 1.54) is 19.2 Å². The van der Waals surface area contributed by atoms with Crippen LogP contribution in [0.5, 0.6) is 5.75 Å². The van der Waals surface area contributed by atoms with Gasteiger partial charge >= 0.3 is 5.97 Å². The Morgan fingerprint density at radius 2 is 2.00 bits per heavy atom. The zero-order valence-electron chi connectivity index (χ0n) is 20.3. The normalized spacial score (nSPS) is 25.6. The Morgan fingerprint density at radius 3 is 2.75 bits per heavy atom. The average Bonchev–Trinajstić information content (AvgIpc) is 3.50. The number of nitrogens with zero attached hydrogens (tertiary/aromatic N) is 1. The second-order valence-electron chi connectivity index (χ2n) is 10.0. The molecule has 8 nitrogen and oxygen atoms in total. The van der Waals surface area contributed by atoms with E-state index in [2.05, 4.69) is 15.6 Å². The first-order chi connectivity index (χ1) is 17.2. The van der Waals surface area contributed by atoms with Gasteiger partial charge in [-0.05, 0) is 42.2 Å². The largest absolute Gasteiger partial charge is 0.469 e. The first kappa shape index (κ1) is 22.6. The SMILES string of the molecule is COC(=O)c1nc2oc1[C@@]13c4cc(F)ccc4N[C@@H]1Oc1ccc(cc13)CC(C)C(=O)N[C@H]2C(C)C. The molecule has 2 aromatic carbocycles. The van der Waals surface area contributed by atoms with E-state index in [1.54, 1.807) is 6.07 Å². The van der Waals surface area contributed by atoms with Crippen molar-refractivity contribution in [2.75, 3.05) is 12.4 Å². The summed E-state index contributed by atoms with van der Waals surface area (Å²) in [5.41, 5.74) is 1.62. The molecular formula is C27H26FN3O5. The molecule has 0 saturated carbocycles. The molecule has 9 heteroatoms. The lowest BCUT2D eigenvalue weighted by Crippen LogP contribution is -2.41. The summed E-state index contributed by atoms with van der Waals surface area (Å²) in [4.78, 5) is 30.7. The van der Waals surface area contributed by atoms with Crippen molar-refractivity contribution in [3.63, 3.8) is 0 Å². The fraction of sp³-hybridized carbons (Fsp3) is 0.370. The molecule has 3 aliphatic rings. The van der Waals surface area contributed by atoms with Gasteiger partial charge in [-0.15, -0.1) is 0 Å². The van der Waals surface area contributed by atoms with Gasteiger partial charge in [-0.1, -0.05) is 32.9 Å². The number of fused-ring (bicyclic) bond motifs is 4. The number of carbonyl (C=O) groups is 2. The molecule has 0 radical (unpaired) electrons. The smallest absolute Gasteiger partial charge is 0.360 e. The van der Waals surface area contributed by atoms with Crippen molar-refractivity contribution in [2.24, 2.45) is 11.8 Å². The minimum atomic E-state index is -1.20. The van der Waals surface area contributed by atoms with Gasteiger partial charge in [-0.2, -0.15) is 0 Å². The highest BCUT2D eigenvalue weighted by Gasteiger charge is 2.61. The quantitative estimate of drug-likeness (QED) is 0.521. The number of halogens is 1. The van der Waals surface area contributed by atoms with Crippen molar-refractivity contribution in [3.8, 4) is 5.75 Å². The zero-order chi connectivity index (χ0) is 25.4. The van der Waals surface area contributed by atoms with Crippen LogP contribution in [0.15, 0.2) is 40.8 Å². The molecule has 2 N–H and O–H groups in total. The number of carbonyl (C=O) groups excluding carboxylic acids is 2. The molecule has 36 heavy (non-hydrogen) atoms. The summed E-state index contributed by atoms with van der Waals surface area (Å²) in [7, 11) is 1.27. The Bertz CT molecular complexity index is 1420. The van der Waals surface area contributed by atoms with Crippen molar-refractivity contribution >= 4 is 17.6 Å². The summed E-state index contributed by atoms with van der Waals surface area (Å²) >= 11 is 0. The number of nitrogens with one attached hydrogen (secondary N) is 2. The topological polar surface area (TPSA) is 103 Å². The van der Waals surface area contributed by atoms with Crippen molar-refractivity contribution in [2.45, 2.75) is 44.9 Å². The van der Waals surface area contributed by atoms with E-state index < -0.39 is 29.5 Å². The van der Waals surface area contributed by atoms with Crippen LogP contribution in [-0.4, -0.2) is 30.2 Å². The van der Waals surface area contributed by atoms with E-state index in [0.29, 0.717) is 29.0 Å². The maximum absolute atomic E-state index is 14.7. The molecule has 1 aromatic heterocycles. The van der Waals surface area contributed by atoms with E-state index in [0.717, 1.165) is 5.56 Å². The number of aromatic nitrogens is 1. The molecule has 0 fully saturated rings. The number of esters is 1. The second-order valence-corrected chi connectivity index (χ2v) is 10.0. The van der Waals surface area contributed by atoms with Gasteiger partial charge < -0.3 is 24.5 Å². The molecule has 4 atom stereocenters. The van der Waals surface area contributed by atoms with E-state index in [-0.39, 0.29) is 35.1 Å². The maximum Gasteiger partial charge on any atom is 0.360 e. The van der Waals surface area contributed by atoms with Gasteiger partial charge in [0.1, 0.15) is 23.0 Å². The van der Waals surface area contributed by atoms with Gasteiger partial charge in [0.05, 0.1) is 7.11 Å². The number of benzene rings is 2. The lowest BCUT2D eigenvalue weighted by molar-refractivity contribution is -0.125. The number of anilines is 1. The third-order valence-corrected chi connectivity index (χ3v) is 7.40. The van der Waals surface area contributed by atoms with Crippen LogP contribution < -0.4 is 15.4 Å². The molecule has 1 amide bonds. The highest BCUT2D eigenvalue weighted by Crippen LogP contribution is 2.58. The predicted octanol–water partition coefficient (Wildman–Crippen LogP) is 4.08. The molecule has 0 saturated heterocycles. The van der Waals surface area contributed by atoms with Crippen LogP contribution in [0.4, 0.5) is 10.1 Å². The van der Waals surface area contributed by atoms with Gasteiger partial charge in [-0.3, -0.25) is 4.79 Å². The van der Waals surface area contributed by atoms with Crippen molar-refractivity contribution in [1.82, 2.24) is 10.3 Å². The molecule has 1 unspecified atom stereocenters. The lowest BCUT2D eigenvalue weighted by atomic mass is 9.72. The average molecular weight is 492 g/mol. The van der Waals surface area contributed by atoms with Crippen molar-refractivity contribution in [1.29, 1.82) is 0 Å². The summed E-state index contributed by atoms with van der Waals surface area (Å²) in [6, 6.07) is 9.58. The van der Waals surface area contributed by atoms with Crippen LogP contribution in [0.2, 0.25) is 0 Å². The highest BCUT2D eigenvalue weighted by atomic mass is 19.1. The van der Waals surface area contributed by atoms with Crippen LogP contribution in [0.25, 0.3) is 0 Å². The minimum absolute atomic E-state index is 0.0366. The fourth-order valence-corrected chi connectivity index (χ4v) is 5.60. The molecule has 4 heterocycles. The third kappa shape index (κ3) is 3.01. The van der Waals surface area contributed by atoms with Crippen LogP contribution in [-0.2, 0) is 21.4 Å². The van der Waals surface area contributed by atoms with E-state index in [1.807, 2.05) is 39.0 Å². The third-order valence-electron chi connectivity index (χ3n) is 7.40. The van der Waals surface area contributed by atoms with Gasteiger partial charge in [-0.25, -0.2) is 14.2 Å². The lowest BCUT2D eigenvalue weighted by Gasteiger charge is -2.28. The Hall–Kier alpha value is -3.88.